The third kappa shape index (κ3) is 165. The second-order valence-electron chi connectivity index (χ2n) is 0. The summed E-state index contributed by atoms with van der Waals surface area (Å²) in [4.78, 5) is 0. The molecule has 56 valence electrons. The van der Waals surface area contributed by atoms with Crippen molar-refractivity contribution in [1.29, 1.82) is 0 Å². The molecule has 0 unspecified atom stereocenters. The average Bonchev–Trinajstić information content (AvgIpc) is 0. The molecule has 0 aromatic carbocycles. The van der Waals surface area contributed by atoms with Gasteiger partial charge in [-0.15, -0.1) is 49.6 Å². The Balaban J connectivity index is 0. The van der Waals surface area contributed by atoms with Crippen LogP contribution in [0.3, 0.4) is 0 Å². The SMILES string of the molecule is Cl.Cl.Cl.Cl.O.O.O. The number of rotatable bonds is 0. The van der Waals surface area contributed by atoms with Crippen molar-refractivity contribution in [1.82, 2.24) is 0 Å². The maximum Gasteiger partial charge on any atom is -0.147 e. The molecule has 0 heterocycles. The lowest BCUT2D eigenvalue weighted by molar-refractivity contribution is 0.823. The van der Waals surface area contributed by atoms with Gasteiger partial charge in [-0.3, -0.25) is 0 Å². The summed E-state index contributed by atoms with van der Waals surface area (Å²) in [5.41, 5.74) is 0. The van der Waals surface area contributed by atoms with Crippen molar-refractivity contribution >= 4 is 49.6 Å². The first kappa shape index (κ1) is 368. The molecule has 0 atom stereocenters. The fourth-order valence-electron chi connectivity index (χ4n) is 0. The Labute approximate surface area is 66.4 Å². The van der Waals surface area contributed by atoms with Gasteiger partial charge in [0.15, 0.2) is 0 Å². The Morgan fingerprint density at radius 3 is 0.286 bits per heavy atom. The molecule has 3 nitrogen and oxygen atoms in total. The largest absolute Gasteiger partial charge is 0.412 e. The second kappa shape index (κ2) is 237. The van der Waals surface area contributed by atoms with Crippen LogP contribution >= 0.6 is 49.6 Å². The minimum atomic E-state index is 0. The van der Waals surface area contributed by atoms with Gasteiger partial charge in [0.25, 0.3) is 0 Å². The summed E-state index contributed by atoms with van der Waals surface area (Å²) in [6, 6.07) is 0. The van der Waals surface area contributed by atoms with Crippen LogP contribution in [0.5, 0.6) is 0 Å². The number of hydrogen-bond donors (Lipinski definition) is 0. The summed E-state index contributed by atoms with van der Waals surface area (Å²) < 4.78 is 0. The third-order valence-electron chi connectivity index (χ3n) is 0. The molecule has 0 aliphatic rings. The van der Waals surface area contributed by atoms with Crippen molar-refractivity contribution < 1.29 is 16.4 Å². The van der Waals surface area contributed by atoms with Crippen LogP contribution in [-0.4, -0.2) is 16.4 Å². The van der Waals surface area contributed by atoms with E-state index in [1.54, 1.807) is 0 Å². The zero-order valence-electron chi connectivity index (χ0n) is 3.13. The van der Waals surface area contributed by atoms with Crippen LogP contribution < -0.4 is 0 Å². The predicted molar refractivity (Wildman–Crippen MR) is 39.8 cm³/mol. The molecule has 0 fully saturated rings. The lowest BCUT2D eigenvalue weighted by atomic mass is 16.0. The maximum atomic E-state index is 0. The Morgan fingerprint density at radius 1 is 0.286 bits per heavy atom. The highest BCUT2D eigenvalue weighted by molar-refractivity contribution is 5.86. The summed E-state index contributed by atoms with van der Waals surface area (Å²) in [7, 11) is 0. The molecule has 7 heavy (non-hydrogen) atoms. The molecule has 0 saturated carbocycles. The van der Waals surface area contributed by atoms with Crippen molar-refractivity contribution in [2.75, 3.05) is 0 Å². The summed E-state index contributed by atoms with van der Waals surface area (Å²) >= 11 is 0. The highest BCUT2D eigenvalue weighted by Gasteiger charge is -0.144. The average molecular weight is 200 g/mol. The second-order valence-corrected chi connectivity index (χ2v) is 0. The Bertz CT molecular complexity index is 6.90. The highest BCUT2D eigenvalue weighted by atomic mass is 35.5. The van der Waals surface area contributed by atoms with Crippen LogP contribution in [0.15, 0.2) is 0 Å². The normalized spacial score (nSPS) is 0. The molecule has 0 aliphatic heterocycles. The Hall–Kier alpha value is 1.04. The molecular formula is H10Cl4O3. The molecule has 0 spiro atoms. The van der Waals surface area contributed by atoms with E-state index >= 15 is 0 Å². The summed E-state index contributed by atoms with van der Waals surface area (Å²) in [5.74, 6) is 0. The van der Waals surface area contributed by atoms with Crippen LogP contribution in [0.4, 0.5) is 0 Å². The van der Waals surface area contributed by atoms with Crippen molar-refractivity contribution in [2.24, 2.45) is 0 Å². The minimum Gasteiger partial charge on any atom is -0.412 e. The molecule has 0 aromatic rings. The topological polar surface area (TPSA) is 94.5 Å². The standard InChI is InChI=1S/4ClH.3H2O/h4*1H;3*1H2. The molecule has 0 amide bonds. The van der Waals surface area contributed by atoms with Gasteiger partial charge in [0.05, 0.1) is 0 Å². The van der Waals surface area contributed by atoms with Crippen molar-refractivity contribution in [3.8, 4) is 0 Å². The molecule has 7 heteroatoms. The van der Waals surface area contributed by atoms with Gasteiger partial charge >= 0.3 is 0 Å². The lowest BCUT2D eigenvalue weighted by Gasteiger charge is -0.413. The molecule has 0 saturated heterocycles. The van der Waals surface area contributed by atoms with E-state index in [9.17, 15) is 0 Å². The van der Waals surface area contributed by atoms with E-state index in [2.05, 4.69) is 0 Å². The quantitative estimate of drug-likeness (QED) is 0.489. The van der Waals surface area contributed by atoms with Crippen molar-refractivity contribution in [3.63, 3.8) is 0 Å². The number of halogens is 4. The van der Waals surface area contributed by atoms with Crippen LogP contribution in [-0.2, 0) is 0 Å². The van der Waals surface area contributed by atoms with Crippen LogP contribution in [0, 0.1) is 0 Å². The zero-order valence-corrected chi connectivity index (χ0v) is 6.40. The van der Waals surface area contributed by atoms with E-state index in [0.29, 0.717) is 0 Å². The zero-order chi connectivity index (χ0) is 0. The molecule has 0 aromatic heterocycles. The third-order valence-corrected chi connectivity index (χ3v) is 0. The van der Waals surface area contributed by atoms with Gasteiger partial charge in [-0.05, 0) is 0 Å². The molecule has 0 bridgehead atoms. The first-order chi connectivity index (χ1) is 0. The highest BCUT2D eigenvalue weighted by Crippen LogP contribution is 0.693. The molecular weight excluding hydrogens is 190 g/mol. The van der Waals surface area contributed by atoms with Gasteiger partial charge < -0.3 is 16.4 Å². The van der Waals surface area contributed by atoms with Gasteiger partial charge in [-0.25, -0.2) is 0 Å². The first-order valence-corrected chi connectivity index (χ1v) is 0. The van der Waals surface area contributed by atoms with Gasteiger partial charge in [0.2, 0.25) is 0 Å². The maximum absolute atomic E-state index is 0. The fraction of sp³-hybridized carbons (Fsp3) is 0. The van der Waals surface area contributed by atoms with E-state index in [-0.39, 0.29) is 66.1 Å². The van der Waals surface area contributed by atoms with Crippen molar-refractivity contribution in [3.05, 3.63) is 0 Å². The Morgan fingerprint density at radius 2 is 0.286 bits per heavy atom. The summed E-state index contributed by atoms with van der Waals surface area (Å²) in [6.07, 6.45) is 0. The van der Waals surface area contributed by atoms with Gasteiger partial charge in [-0.1, -0.05) is 0 Å². The van der Waals surface area contributed by atoms with Crippen LogP contribution in [0.25, 0.3) is 0 Å². The fourth-order valence-corrected chi connectivity index (χ4v) is 0. The molecule has 0 aliphatic carbocycles. The smallest absolute Gasteiger partial charge is 0.147 e. The minimum absolute atomic E-state index is 0. The van der Waals surface area contributed by atoms with E-state index in [4.69, 9.17) is 0 Å². The monoisotopic (exact) mass is 198 g/mol. The van der Waals surface area contributed by atoms with E-state index < -0.39 is 0 Å². The molecule has 6 N–H and O–H groups in total. The van der Waals surface area contributed by atoms with Crippen LogP contribution in [0.1, 0.15) is 0 Å². The molecule has 0 radical (unpaired) electrons. The van der Waals surface area contributed by atoms with E-state index in [1.165, 1.54) is 0 Å². The van der Waals surface area contributed by atoms with Gasteiger partial charge in [0, 0.05) is 0 Å². The summed E-state index contributed by atoms with van der Waals surface area (Å²) in [5, 5.41) is 0. The van der Waals surface area contributed by atoms with E-state index in [0.717, 1.165) is 0 Å². The van der Waals surface area contributed by atoms with E-state index in [1.807, 2.05) is 0 Å². The Kier molecular flexibility index (Phi) is 12500. The predicted octanol–water partition coefficient (Wildman–Crippen LogP) is -0.787. The lowest BCUT2D eigenvalue weighted by Crippen LogP contribution is -0.290. The molecule has 0 rings (SSSR count). The van der Waals surface area contributed by atoms with Gasteiger partial charge in [0.1, 0.15) is 0 Å². The first-order valence-electron chi connectivity index (χ1n) is 0. The van der Waals surface area contributed by atoms with Gasteiger partial charge in [-0.2, -0.15) is 0 Å². The van der Waals surface area contributed by atoms with Crippen molar-refractivity contribution in [2.45, 2.75) is 0 Å². The summed E-state index contributed by atoms with van der Waals surface area (Å²) in [6.45, 7) is 0. The van der Waals surface area contributed by atoms with Crippen LogP contribution in [0.2, 0.25) is 0 Å². The number of hydrogen-bond acceptors (Lipinski definition) is 0.